The molecule has 2 aromatic rings. The van der Waals surface area contributed by atoms with Gasteiger partial charge in [-0.05, 0) is 55.5 Å². The quantitative estimate of drug-likeness (QED) is 0.582. The highest BCUT2D eigenvalue weighted by atomic mass is 16.6. The Balaban J connectivity index is 1.32. The standard InChI is InChI=1S/C26H33N3O5/c1-33-21-11-13-22(14-12-21)34-24(30)17-20-9-5-15-28(20)25(31)23-10-6-16-29(23)26(32)27-18-19-7-3-2-4-8-19/h2-4,7-8,11-14,20,23-24,30H,5-6,9-10,15-18H2,1H3,(H,27,32)/t20-,23-,24?/m0/s1. The molecule has 0 spiro atoms. The van der Waals surface area contributed by atoms with E-state index in [-0.39, 0.29) is 18.0 Å². The molecular formula is C26H33N3O5. The monoisotopic (exact) mass is 467 g/mol. The third kappa shape index (κ3) is 5.80. The van der Waals surface area contributed by atoms with Crippen LogP contribution in [-0.4, -0.2) is 65.4 Å². The van der Waals surface area contributed by atoms with Gasteiger partial charge in [0.2, 0.25) is 5.91 Å². The number of nitrogens with one attached hydrogen (secondary N) is 1. The van der Waals surface area contributed by atoms with Crippen molar-refractivity contribution in [1.82, 2.24) is 15.1 Å². The number of methoxy groups -OCH3 is 1. The highest BCUT2D eigenvalue weighted by Crippen LogP contribution is 2.28. The number of aliphatic hydroxyl groups is 1. The largest absolute Gasteiger partial charge is 0.497 e. The summed E-state index contributed by atoms with van der Waals surface area (Å²) in [6.07, 6.45) is 2.44. The van der Waals surface area contributed by atoms with Crippen LogP contribution in [0.25, 0.3) is 0 Å². The summed E-state index contributed by atoms with van der Waals surface area (Å²) in [4.78, 5) is 29.7. The number of aliphatic hydroxyl groups excluding tert-OH is 1. The molecular weight excluding hydrogens is 434 g/mol. The number of nitrogens with zero attached hydrogens (tertiary/aromatic N) is 2. The Labute approximate surface area is 200 Å². The van der Waals surface area contributed by atoms with Crippen LogP contribution in [0, 0.1) is 0 Å². The second kappa shape index (κ2) is 11.2. The summed E-state index contributed by atoms with van der Waals surface area (Å²) in [7, 11) is 1.59. The van der Waals surface area contributed by atoms with E-state index in [4.69, 9.17) is 9.47 Å². The number of likely N-dealkylation sites (tertiary alicyclic amines) is 2. The summed E-state index contributed by atoms with van der Waals surface area (Å²) in [5.41, 5.74) is 1.02. The number of hydrogen-bond acceptors (Lipinski definition) is 5. The van der Waals surface area contributed by atoms with Gasteiger partial charge in [-0.25, -0.2) is 4.79 Å². The summed E-state index contributed by atoms with van der Waals surface area (Å²) in [6, 6.07) is 16.0. The Morgan fingerprint density at radius 2 is 1.68 bits per heavy atom. The first kappa shape index (κ1) is 23.9. The summed E-state index contributed by atoms with van der Waals surface area (Å²) >= 11 is 0. The number of carbonyl (C=O) groups excluding carboxylic acids is 2. The Kier molecular flexibility index (Phi) is 7.90. The fourth-order valence-electron chi connectivity index (χ4n) is 4.80. The zero-order valence-corrected chi connectivity index (χ0v) is 19.6. The van der Waals surface area contributed by atoms with Gasteiger partial charge in [-0.3, -0.25) is 4.79 Å². The fourth-order valence-corrected chi connectivity index (χ4v) is 4.80. The first-order valence-electron chi connectivity index (χ1n) is 11.9. The highest BCUT2D eigenvalue weighted by molar-refractivity contribution is 5.88. The zero-order valence-electron chi connectivity index (χ0n) is 19.6. The number of amides is 3. The van der Waals surface area contributed by atoms with Gasteiger partial charge in [-0.15, -0.1) is 0 Å². The maximum Gasteiger partial charge on any atom is 0.318 e. The van der Waals surface area contributed by atoms with Crippen LogP contribution in [0.1, 0.15) is 37.7 Å². The normalized spacial score (nSPS) is 20.8. The number of carbonyl (C=O) groups is 2. The fraction of sp³-hybridized carbons (Fsp3) is 0.462. The predicted octanol–water partition coefficient (Wildman–Crippen LogP) is 3.15. The lowest BCUT2D eigenvalue weighted by molar-refractivity contribution is -0.137. The molecule has 0 saturated carbocycles. The third-order valence-corrected chi connectivity index (χ3v) is 6.55. The van der Waals surface area contributed by atoms with E-state index in [0.717, 1.165) is 24.8 Å². The minimum atomic E-state index is -1.03. The van der Waals surface area contributed by atoms with E-state index >= 15 is 0 Å². The van der Waals surface area contributed by atoms with Crippen molar-refractivity contribution in [2.75, 3.05) is 20.2 Å². The van der Waals surface area contributed by atoms with Crippen molar-refractivity contribution in [2.45, 2.75) is 57.0 Å². The highest BCUT2D eigenvalue weighted by Gasteiger charge is 2.40. The molecule has 0 radical (unpaired) electrons. The first-order chi connectivity index (χ1) is 16.5. The van der Waals surface area contributed by atoms with E-state index in [2.05, 4.69) is 5.32 Å². The van der Waals surface area contributed by atoms with Crippen LogP contribution in [0.4, 0.5) is 4.79 Å². The number of urea groups is 1. The average Bonchev–Trinajstić information content (AvgIpc) is 3.53. The Bertz CT molecular complexity index is 953. The molecule has 0 aromatic heterocycles. The Morgan fingerprint density at radius 1 is 1.00 bits per heavy atom. The van der Waals surface area contributed by atoms with E-state index in [0.29, 0.717) is 44.0 Å². The molecule has 2 heterocycles. The van der Waals surface area contributed by atoms with Crippen LogP contribution in [-0.2, 0) is 11.3 Å². The van der Waals surface area contributed by atoms with Crippen LogP contribution in [0.3, 0.4) is 0 Å². The molecule has 182 valence electrons. The molecule has 8 heteroatoms. The third-order valence-electron chi connectivity index (χ3n) is 6.55. The summed E-state index contributed by atoms with van der Waals surface area (Å²) in [5, 5.41) is 13.4. The Hall–Kier alpha value is -3.26. The van der Waals surface area contributed by atoms with E-state index in [1.807, 2.05) is 35.2 Å². The Morgan fingerprint density at radius 3 is 2.41 bits per heavy atom. The van der Waals surface area contributed by atoms with Crippen LogP contribution < -0.4 is 14.8 Å². The predicted molar refractivity (Wildman–Crippen MR) is 127 cm³/mol. The van der Waals surface area contributed by atoms with Gasteiger partial charge in [0, 0.05) is 32.1 Å². The van der Waals surface area contributed by atoms with Gasteiger partial charge in [0.05, 0.1) is 7.11 Å². The molecule has 2 saturated heterocycles. The number of hydrogen-bond donors (Lipinski definition) is 2. The van der Waals surface area contributed by atoms with Gasteiger partial charge in [0.1, 0.15) is 17.5 Å². The molecule has 3 amide bonds. The van der Waals surface area contributed by atoms with Gasteiger partial charge in [-0.2, -0.15) is 0 Å². The summed E-state index contributed by atoms with van der Waals surface area (Å²) in [6.45, 7) is 1.63. The smallest absolute Gasteiger partial charge is 0.318 e. The van der Waals surface area contributed by atoms with Crippen molar-refractivity contribution in [2.24, 2.45) is 0 Å². The van der Waals surface area contributed by atoms with Crippen LogP contribution in [0.5, 0.6) is 11.5 Å². The number of benzene rings is 2. The van der Waals surface area contributed by atoms with Crippen molar-refractivity contribution in [3.63, 3.8) is 0 Å². The topological polar surface area (TPSA) is 91.3 Å². The second-order valence-corrected chi connectivity index (χ2v) is 8.81. The molecule has 2 aliphatic heterocycles. The zero-order chi connectivity index (χ0) is 23.9. The molecule has 2 aliphatic rings. The summed E-state index contributed by atoms with van der Waals surface area (Å²) < 4.78 is 10.8. The molecule has 2 aromatic carbocycles. The molecule has 0 aliphatic carbocycles. The lowest BCUT2D eigenvalue weighted by Crippen LogP contribution is -2.52. The number of ether oxygens (including phenoxy) is 2. The van der Waals surface area contributed by atoms with E-state index in [1.165, 1.54) is 0 Å². The van der Waals surface area contributed by atoms with Crippen molar-refractivity contribution >= 4 is 11.9 Å². The molecule has 0 bridgehead atoms. The van der Waals surface area contributed by atoms with Crippen LogP contribution in [0.15, 0.2) is 54.6 Å². The number of rotatable bonds is 8. The van der Waals surface area contributed by atoms with Gasteiger partial charge in [-0.1, -0.05) is 30.3 Å². The van der Waals surface area contributed by atoms with E-state index in [1.54, 1.807) is 36.3 Å². The maximum atomic E-state index is 13.4. The minimum Gasteiger partial charge on any atom is -0.497 e. The van der Waals surface area contributed by atoms with Gasteiger partial charge in [0.25, 0.3) is 0 Å². The van der Waals surface area contributed by atoms with Gasteiger partial charge >= 0.3 is 6.03 Å². The summed E-state index contributed by atoms with van der Waals surface area (Å²) in [5.74, 6) is 1.22. The molecule has 3 atom stereocenters. The molecule has 34 heavy (non-hydrogen) atoms. The lowest BCUT2D eigenvalue weighted by atomic mass is 10.1. The first-order valence-corrected chi connectivity index (χ1v) is 11.9. The van der Waals surface area contributed by atoms with Crippen LogP contribution in [0.2, 0.25) is 0 Å². The molecule has 2 fully saturated rings. The average molecular weight is 468 g/mol. The van der Waals surface area contributed by atoms with Crippen molar-refractivity contribution in [3.05, 3.63) is 60.2 Å². The molecule has 1 unspecified atom stereocenters. The van der Waals surface area contributed by atoms with Crippen molar-refractivity contribution in [3.8, 4) is 11.5 Å². The van der Waals surface area contributed by atoms with E-state index in [9.17, 15) is 14.7 Å². The van der Waals surface area contributed by atoms with Gasteiger partial charge < -0.3 is 29.7 Å². The van der Waals surface area contributed by atoms with Crippen LogP contribution >= 0.6 is 0 Å². The molecule has 8 nitrogen and oxygen atoms in total. The lowest BCUT2D eigenvalue weighted by Gasteiger charge is -2.32. The molecule has 4 rings (SSSR count). The van der Waals surface area contributed by atoms with Gasteiger partial charge in [0.15, 0.2) is 6.29 Å². The van der Waals surface area contributed by atoms with Crippen molar-refractivity contribution in [1.29, 1.82) is 0 Å². The molecule has 2 N–H and O–H groups in total. The van der Waals surface area contributed by atoms with Crippen molar-refractivity contribution < 1.29 is 24.2 Å². The maximum absolute atomic E-state index is 13.4. The second-order valence-electron chi connectivity index (χ2n) is 8.81. The SMILES string of the molecule is COc1ccc(OC(O)C[C@@H]2CCCN2C(=O)[C@@H]2CCCN2C(=O)NCc2ccccc2)cc1. The van der Waals surface area contributed by atoms with E-state index < -0.39 is 12.3 Å². The minimum absolute atomic E-state index is 0.0356.